The van der Waals surface area contributed by atoms with Gasteiger partial charge in [0, 0.05) is 11.6 Å². The lowest BCUT2D eigenvalue weighted by atomic mass is 9.92. The molecule has 6 nitrogen and oxygen atoms in total. The summed E-state index contributed by atoms with van der Waals surface area (Å²) in [5, 5.41) is 0. The summed E-state index contributed by atoms with van der Waals surface area (Å²) < 4.78 is 0. The van der Waals surface area contributed by atoms with Gasteiger partial charge in [0.2, 0.25) is 0 Å². The van der Waals surface area contributed by atoms with Gasteiger partial charge in [0.05, 0.1) is 6.54 Å². The lowest BCUT2D eigenvalue weighted by Crippen LogP contribution is -2.39. The van der Waals surface area contributed by atoms with Crippen molar-refractivity contribution in [3.05, 3.63) is 33.9 Å². The number of nitrogens with zero attached hydrogens (tertiary/aromatic N) is 2. The van der Waals surface area contributed by atoms with Gasteiger partial charge in [0.15, 0.2) is 5.78 Å². The van der Waals surface area contributed by atoms with E-state index in [0.29, 0.717) is 5.56 Å². The van der Waals surface area contributed by atoms with Crippen molar-refractivity contribution >= 4 is 23.6 Å². The van der Waals surface area contributed by atoms with Gasteiger partial charge < -0.3 is 0 Å². The molecule has 128 valence electrons. The van der Waals surface area contributed by atoms with Crippen LogP contribution in [-0.4, -0.2) is 46.0 Å². The summed E-state index contributed by atoms with van der Waals surface area (Å²) in [7, 11) is 0. The number of benzene rings is 1. The molecule has 1 saturated heterocycles. The first-order valence-corrected chi connectivity index (χ1v) is 7.87. The van der Waals surface area contributed by atoms with E-state index < -0.39 is 30.4 Å². The summed E-state index contributed by atoms with van der Waals surface area (Å²) in [6.07, 6.45) is 0. The molecule has 0 spiro atoms. The average molecular weight is 330 g/mol. The zero-order valence-electron chi connectivity index (χ0n) is 14.9. The van der Waals surface area contributed by atoms with Crippen LogP contribution in [0.1, 0.15) is 46.5 Å². The van der Waals surface area contributed by atoms with Crippen molar-refractivity contribution < 1.29 is 19.2 Å². The minimum absolute atomic E-state index is 0.348. The molecular formula is C18H22N2O4. The van der Waals surface area contributed by atoms with Crippen LogP contribution in [0.3, 0.4) is 0 Å². The van der Waals surface area contributed by atoms with E-state index in [0.717, 1.165) is 32.1 Å². The van der Waals surface area contributed by atoms with Gasteiger partial charge in [-0.3, -0.25) is 19.3 Å². The maximum absolute atomic E-state index is 12.6. The van der Waals surface area contributed by atoms with E-state index in [4.69, 9.17) is 0 Å². The number of imide groups is 2. The molecule has 1 aliphatic rings. The second-order valence-electron chi connectivity index (χ2n) is 6.48. The highest BCUT2D eigenvalue weighted by atomic mass is 16.2. The third-order valence-corrected chi connectivity index (χ3v) is 4.68. The molecule has 4 amide bonds. The maximum Gasteiger partial charge on any atom is 0.334 e. The van der Waals surface area contributed by atoms with Crippen LogP contribution >= 0.6 is 0 Å². The zero-order chi connectivity index (χ0) is 18.3. The second kappa shape index (κ2) is 6.19. The predicted molar refractivity (Wildman–Crippen MR) is 88.8 cm³/mol. The summed E-state index contributed by atoms with van der Waals surface area (Å²) >= 11 is 0. The minimum atomic E-state index is -0.944. The zero-order valence-corrected chi connectivity index (χ0v) is 14.9. The van der Waals surface area contributed by atoms with E-state index in [9.17, 15) is 19.2 Å². The van der Waals surface area contributed by atoms with E-state index in [2.05, 4.69) is 0 Å². The Hall–Kier alpha value is -2.50. The van der Waals surface area contributed by atoms with Crippen molar-refractivity contribution in [2.75, 3.05) is 6.54 Å². The molecule has 1 aromatic carbocycles. The van der Waals surface area contributed by atoms with E-state index in [1.807, 2.05) is 27.7 Å². The number of hydrogen-bond donors (Lipinski definition) is 0. The first kappa shape index (κ1) is 17.8. The van der Waals surface area contributed by atoms with Crippen molar-refractivity contribution in [2.24, 2.45) is 0 Å². The fourth-order valence-corrected chi connectivity index (χ4v) is 2.85. The van der Waals surface area contributed by atoms with Gasteiger partial charge in [0.1, 0.15) is 0 Å². The molecule has 24 heavy (non-hydrogen) atoms. The number of hydrogen-bond acceptors (Lipinski definition) is 4. The smallest absolute Gasteiger partial charge is 0.292 e. The van der Waals surface area contributed by atoms with Crippen LogP contribution in [0, 0.1) is 27.7 Å². The summed E-state index contributed by atoms with van der Waals surface area (Å²) in [6, 6.07) is 0.610. The van der Waals surface area contributed by atoms with Crippen molar-refractivity contribution in [1.29, 1.82) is 0 Å². The predicted octanol–water partition coefficient (Wildman–Crippen LogP) is 2.30. The molecule has 1 aromatic rings. The van der Waals surface area contributed by atoms with Gasteiger partial charge in [-0.1, -0.05) is 0 Å². The van der Waals surface area contributed by atoms with E-state index >= 15 is 0 Å². The summed E-state index contributed by atoms with van der Waals surface area (Å²) in [4.78, 5) is 50.5. The average Bonchev–Trinajstić information content (AvgIpc) is 2.72. The molecule has 2 rings (SSSR count). The number of amides is 4. The maximum atomic E-state index is 12.6. The number of urea groups is 1. The monoisotopic (exact) mass is 330 g/mol. The van der Waals surface area contributed by atoms with Crippen LogP contribution in [0.5, 0.6) is 0 Å². The molecule has 0 N–H and O–H groups in total. The van der Waals surface area contributed by atoms with Crippen LogP contribution in [0.2, 0.25) is 0 Å². The first-order valence-electron chi connectivity index (χ1n) is 7.87. The number of Topliss-reactive ketones (excluding diaryl/α,β-unsaturated/α-hetero) is 1. The van der Waals surface area contributed by atoms with Crippen molar-refractivity contribution in [3.8, 4) is 0 Å². The first-order chi connectivity index (χ1) is 11.1. The van der Waals surface area contributed by atoms with Crippen LogP contribution < -0.4 is 0 Å². The van der Waals surface area contributed by atoms with Crippen LogP contribution in [0.15, 0.2) is 6.07 Å². The number of carbonyl (C=O) groups excluding carboxylic acids is 4. The minimum Gasteiger partial charge on any atom is -0.292 e. The molecule has 0 saturated carbocycles. The standard InChI is InChI=1S/C18H22N2O4/c1-9(2)20-17(23)16(22)19(18(20)24)8-15(21)14-7-10(3)11(4)12(5)13(14)6/h7,9H,8H2,1-6H3. The molecule has 0 bridgehead atoms. The van der Waals surface area contributed by atoms with E-state index in [1.165, 1.54) is 0 Å². The Bertz CT molecular complexity index is 765. The van der Waals surface area contributed by atoms with Gasteiger partial charge in [-0.05, 0) is 69.9 Å². The van der Waals surface area contributed by atoms with E-state index in [-0.39, 0.29) is 5.78 Å². The highest BCUT2D eigenvalue weighted by Gasteiger charge is 2.46. The fraction of sp³-hybridized carbons (Fsp3) is 0.444. The number of carbonyl (C=O) groups is 4. The number of ketones is 1. The Labute approximate surface area is 141 Å². The molecule has 0 atom stereocenters. The third kappa shape index (κ3) is 2.72. The normalized spacial score (nSPS) is 15.0. The highest BCUT2D eigenvalue weighted by Crippen LogP contribution is 2.23. The SMILES string of the molecule is Cc1cc(C(=O)CN2C(=O)C(=O)N(C(C)C)C2=O)c(C)c(C)c1C. The molecule has 6 heteroatoms. The van der Waals surface area contributed by atoms with E-state index in [1.54, 1.807) is 19.9 Å². The fourth-order valence-electron chi connectivity index (χ4n) is 2.85. The van der Waals surface area contributed by atoms with Crippen LogP contribution in [-0.2, 0) is 9.59 Å². The highest BCUT2D eigenvalue weighted by molar-refractivity contribution is 6.45. The Kier molecular flexibility index (Phi) is 4.60. The van der Waals surface area contributed by atoms with Crippen molar-refractivity contribution in [2.45, 2.75) is 47.6 Å². The Morgan fingerprint density at radius 2 is 1.54 bits per heavy atom. The summed E-state index contributed by atoms with van der Waals surface area (Å²) in [6.45, 7) is 10.5. The largest absolute Gasteiger partial charge is 0.334 e. The molecule has 0 unspecified atom stereocenters. The lowest BCUT2D eigenvalue weighted by Gasteiger charge is -2.19. The van der Waals surface area contributed by atoms with Gasteiger partial charge in [-0.2, -0.15) is 0 Å². The Balaban J connectivity index is 2.33. The molecule has 0 radical (unpaired) electrons. The van der Waals surface area contributed by atoms with Crippen molar-refractivity contribution in [3.63, 3.8) is 0 Å². The number of aryl methyl sites for hydroxylation is 1. The molecule has 1 fully saturated rings. The van der Waals surface area contributed by atoms with Gasteiger partial charge in [-0.15, -0.1) is 0 Å². The lowest BCUT2D eigenvalue weighted by molar-refractivity contribution is -0.143. The summed E-state index contributed by atoms with van der Waals surface area (Å²) in [5.74, 6) is -2.17. The Morgan fingerprint density at radius 1 is 0.958 bits per heavy atom. The molecule has 0 aliphatic carbocycles. The summed E-state index contributed by atoms with van der Waals surface area (Å²) in [5.41, 5.74) is 4.40. The molecule has 0 aromatic heterocycles. The van der Waals surface area contributed by atoms with Crippen molar-refractivity contribution in [1.82, 2.24) is 9.80 Å². The Morgan fingerprint density at radius 3 is 2.04 bits per heavy atom. The topological polar surface area (TPSA) is 74.8 Å². The third-order valence-electron chi connectivity index (χ3n) is 4.68. The molecular weight excluding hydrogens is 308 g/mol. The van der Waals surface area contributed by atoms with Gasteiger partial charge in [-0.25, -0.2) is 9.69 Å². The quantitative estimate of drug-likeness (QED) is 0.482. The molecule has 1 aliphatic heterocycles. The number of rotatable bonds is 4. The van der Waals surface area contributed by atoms with Crippen LogP contribution in [0.25, 0.3) is 0 Å². The van der Waals surface area contributed by atoms with Crippen LogP contribution in [0.4, 0.5) is 4.79 Å². The van der Waals surface area contributed by atoms with Gasteiger partial charge in [0.25, 0.3) is 0 Å². The molecule has 1 heterocycles. The second-order valence-corrected chi connectivity index (χ2v) is 6.48. The van der Waals surface area contributed by atoms with Gasteiger partial charge >= 0.3 is 17.8 Å².